The lowest BCUT2D eigenvalue weighted by molar-refractivity contribution is -0.118. The standard InChI is InChI=1S/C21H25N3O2S/c1-3-18-17-8-11-27-20(17)7-9-23(18)13-21(26)22-16-4-5-19-15(12-16)6-10-24(19)14(2)25/h4-5,8,11-12,18H,3,6-7,9-10,13H2,1-2H3,(H,22,26). The second-order valence-corrected chi connectivity index (χ2v) is 8.26. The first-order chi connectivity index (χ1) is 13.1. The van der Waals surface area contributed by atoms with E-state index >= 15 is 0 Å². The monoisotopic (exact) mass is 383 g/mol. The smallest absolute Gasteiger partial charge is 0.238 e. The summed E-state index contributed by atoms with van der Waals surface area (Å²) >= 11 is 1.83. The molecule has 1 unspecified atom stereocenters. The van der Waals surface area contributed by atoms with Crippen LogP contribution in [0.15, 0.2) is 29.6 Å². The van der Waals surface area contributed by atoms with Gasteiger partial charge in [0.05, 0.1) is 6.54 Å². The zero-order valence-electron chi connectivity index (χ0n) is 15.8. The van der Waals surface area contributed by atoms with Gasteiger partial charge >= 0.3 is 0 Å². The Balaban J connectivity index is 1.42. The van der Waals surface area contributed by atoms with Crippen LogP contribution in [0.4, 0.5) is 11.4 Å². The Bertz CT molecular complexity index is 876. The van der Waals surface area contributed by atoms with E-state index in [9.17, 15) is 9.59 Å². The van der Waals surface area contributed by atoms with Gasteiger partial charge in [-0.25, -0.2) is 0 Å². The maximum atomic E-state index is 12.7. The Labute approximate surface area is 164 Å². The van der Waals surface area contributed by atoms with Crippen molar-refractivity contribution in [3.8, 4) is 0 Å². The molecule has 4 rings (SSSR count). The van der Waals surface area contributed by atoms with Crippen LogP contribution >= 0.6 is 11.3 Å². The molecule has 0 saturated carbocycles. The molecule has 6 heteroatoms. The summed E-state index contributed by atoms with van der Waals surface area (Å²) in [6.07, 6.45) is 2.87. The summed E-state index contributed by atoms with van der Waals surface area (Å²) < 4.78 is 0. The van der Waals surface area contributed by atoms with E-state index in [-0.39, 0.29) is 11.8 Å². The number of nitrogens with zero attached hydrogens (tertiary/aromatic N) is 2. The predicted octanol–water partition coefficient (Wildman–Crippen LogP) is 3.61. The first kappa shape index (κ1) is 18.2. The van der Waals surface area contributed by atoms with Gasteiger partial charge in [0.25, 0.3) is 0 Å². The summed E-state index contributed by atoms with van der Waals surface area (Å²) in [5, 5.41) is 5.20. The molecule has 1 aromatic heterocycles. The van der Waals surface area contributed by atoms with Crippen LogP contribution in [-0.2, 0) is 22.4 Å². The van der Waals surface area contributed by atoms with Crippen LogP contribution in [-0.4, -0.2) is 36.3 Å². The fourth-order valence-electron chi connectivity index (χ4n) is 4.31. The molecule has 1 atom stereocenters. The zero-order valence-corrected chi connectivity index (χ0v) is 16.6. The molecule has 3 heterocycles. The van der Waals surface area contributed by atoms with Gasteiger partial charge in [-0.3, -0.25) is 14.5 Å². The van der Waals surface area contributed by atoms with E-state index in [1.165, 1.54) is 10.4 Å². The molecule has 0 saturated heterocycles. The number of nitrogens with one attached hydrogen (secondary N) is 1. The van der Waals surface area contributed by atoms with Crippen LogP contribution in [0.1, 0.15) is 42.3 Å². The average molecular weight is 384 g/mol. The molecule has 2 amide bonds. The highest BCUT2D eigenvalue weighted by Gasteiger charge is 2.28. The van der Waals surface area contributed by atoms with E-state index in [0.29, 0.717) is 12.6 Å². The number of hydrogen-bond acceptors (Lipinski definition) is 4. The number of benzene rings is 1. The molecule has 2 aliphatic rings. The number of amides is 2. The van der Waals surface area contributed by atoms with Gasteiger partial charge in [-0.05, 0) is 60.0 Å². The number of hydrogen-bond donors (Lipinski definition) is 1. The van der Waals surface area contributed by atoms with Crippen molar-refractivity contribution >= 4 is 34.5 Å². The number of rotatable bonds is 4. The summed E-state index contributed by atoms with van der Waals surface area (Å²) in [7, 11) is 0. The van der Waals surface area contributed by atoms with E-state index in [4.69, 9.17) is 0 Å². The lowest BCUT2D eigenvalue weighted by Crippen LogP contribution is -2.40. The van der Waals surface area contributed by atoms with Crippen LogP contribution in [0.2, 0.25) is 0 Å². The molecular weight excluding hydrogens is 358 g/mol. The van der Waals surface area contributed by atoms with Gasteiger partial charge < -0.3 is 10.2 Å². The molecule has 2 aromatic rings. The molecule has 27 heavy (non-hydrogen) atoms. The first-order valence-electron chi connectivity index (χ1n) is 9.58. The highest BCUT2D eigenvalue weighted by atomic mass is 32.1. The van der Waals surface area contributed by atoms with Crippen LogP contribution in [0, 0.1) is 0 Å². The van der Waals surface area contributed by atoms with Crippen LogP contribution in [0.3, 0.4) is 0 Å². The Morgan fingerprint density at radius 3 is 2.85 bits per heavy atom. The number of carbonyl (C=O) groups is 2. The molecule has 0 spiro atoms. The van der Waals surface area contributed by atoms with E-state index in [2.05, 4.69) is 28.6 Å². The third-order valence-electron chi connectivity index (χ3n) is 5.58. The summed E-state index contributed by atoms with van der Waals surface area (Å²) in [6, 6.07) is 8.37. The van der Waals surface area contributed by atoms with Crippen molar-refractivity contribution < 1.29 is 9.59 Å². The van der Waals surface area contributed by atoms with E-state index in [0.717, 1.165) is 49.3 Å². The van der Waals surface area contributed by atoms with Gasteiger partial charge in [0.15, 0.2) is 0 Å². The molecule has 2 aliphatic heterocycles. The molecule has 1 N–H and O–H groups in total. The Morgan fingerprint density at radius 1 is 1.22 bits per heavy atom. The van der Waals surface area contributed by atoms with Crippen molar-refractivity contribution in [1.29, 1.82) is 0 Å². The van der Waals surface area contributed by atoms with E-state index in [1.807, 2.05) is 29.5 Å². The van der Waals surface area contributed by atoms with E-state index < -0.39 is 0 Å². The Hall–Kier alpha value is -2.18. The van der Waals surface area contributed by atoms with Gasteiger partial charge in [0.1, 0.15) is 0 Å². The SMILES string of the molecule is CCC1c2ccsc2CCN1CC(=O)Nc1ccc2c(c1)CCN2C(C)=O. The fourth-order valence-corrected chi connectivity index (χ4v) is 5.24. The summed E-state index contributed by atoms with van der Waals surface area (Å²) in [4.78, 5) is 29.9. The zero-order chi connectivity index (χ0) is 19.0. The molecule has 142 valence electrons. The third-order valence-corrected chi connectivity index (χ3v) is 6.57. The highest BCUT2D eigenvalue weighted by Crippen LogP contribution is 2.35. The Morgan fingerprint density at radius 2 is 2.07 bits per heavy atom. The molecule has 5 nitrogen and oxygen atoms in total. The quantitative estimate of drug-likeness (QED) is 0.878. The molecule has 0 radical (unpaired) electrons. The normalized spacial score (nSPS) is 18.9. The molecule has 0 fully saturated rings. The second-order valence-electron chi connectivity index (χ2n) is 7.26. The van der Waals surface area contributed by atoms with Crippen LogP contribution in [0.5, 0.6) is 0 Å². The van der Waals surface area contributed by atoms with E-state index in [1.54, 1.807) is 11.8 Å². The first-order valence-corrected chi connectivity index (χ1v) is 10.5. The lowest BCUT2D eigenvalue weighted by Gasteiger charge is -2.34. The second kappa shape index (κ2) is 7.44. The maximum Gasteiger partial charge on any atom is 0.238 e. The van der Waals surface area contributed by atoms with Gasteiger partial charge in [0, 0.05) is 42.3 Å². The molecular formula is C21H25N3O2S. The summed E-state index contributed by atoms with van der Waals surface area (Å²) in [6.45, 7) is 5.83. The average Bonchev–Trinajstić information content (AvgIpc) is 3.27. The van der Waals surface area contributed by atoms with Crippen molar-refractivity contribution in [3.63, 3.8) is 0 Å². The minimum absolute atomic E-state index is 0.0218. The van der Waals surface area contributed by atoms with Gasteiger partial charge in [0.2, 0.25) is 11.8 Å². The summed E-state index contributed by atoms with van der Waals surface area (Å²) in [5.41, 5.74) is 4.29. The predicted molar refractivity (Wildman–Crippen MR) is 109 cm³/mol. The van der Waals surface area contributed by atoms with Crippen LogP contribution in [0.25, 0.3) is 0 Å². The minimum Gasteiger partial charge on any atom is -0.325 e. The van der Waals surface area contributed by atoms with Gasteiger partial charge in [-0.1, -0.05) is 6.92 Å². The van der Waals surface area contributed by atoms with Crippen molar-refractivity contribution in [2.45, 2.75) is 39.2 Å². The molecule has 0 aliphatic carbocycles. The number of thiophene rings is 1. The van der Waals surface area contributed by atoms with Gasteiger partial charge in [-0.2, -0.15) is 0 Å². The highest BCUT2D eigenvalue weighted by molar-refractivity contribution is 7.10. The summed E-state index contributed by atoms with van der Waals surface area (Å²) in [5.74, 6) is 0.0857. The minimum atomic E-state index is 0.0218. The van der Waals surface area contributed by atoms with Crippen molar-refractivity contribution in [2.24, 2.45) is 0 Å². The van der Waals surface area contributed by atoms with Crippen molar-refractivity contribution in [2.75, 3.05) is 29.9 Å². The third kappa shape index (κ3) is 3.51. The molecule has 0 bridgehead atoms. The number of anilines is 2. The van der Waals surface area contributed by atoms with Gasteiger partial charge in [-0.15, -0.1) is 11.3 Å². The fraction of sp³-hybridized carbons (Fsp3) is 0.429. The van der Waals surface area contributed by atoms with Crippen LogP contribution < -0.4 is 10.2 Å². The number of carbonyl (C=O) groups excluding carboxylic acids is 2. The lowest BCUT2D eigenvalue weighted by atomic mass is 9.98. The largest absolute Gasteiger partial charge is 0.325 e. The maximum absolute atomic E-state index is 12.7. The van der Waals surface area contributed by atoms with Crippen molar-refractivity contribution in [3.05, 3.63) is 45.6 Å². The van der Waals surface area contributed by atoms with Crippen molar-refractivity contribution in [1.82, 2.24) is 4.90 Å². The topological polar surface area (TPSA) is 52.7 Å². The molecule has 1 aromatic carbocycles. The number of fused-ring (bicyclic) bond motifs is 2. The Kier molecular flexibility index (Phi) is 5.02.